The van der Waals surface area contributed by atoms with Crippen LogP contribution in [0, 0.1) is 6.92 Å². The molecule has 0 aromatic heterocycles. The van der Waals surface area contributed by atoms with E-state index in [0.29, 0.717) is 12.3 Å². The molecule has 146 valence electrons. The molecule has 0 N–H and O–H groups in total. The van der Waals surface area contributed by atoms with Crippen molar-refractivity contribution in [3.05, 3.63) is 107 Å². The van der Waals surface area contributed by atoms with Crippen LogP contribution < -0.4 is 0 Å². The van der Waals surface area contributed by atoms with Crippen molar-refractivity contribution in [2.24, 2.45) is 4.99 Å². The van der Waals surface area contributed by atoms with E-state index < -0.39 is 17.6 Å². The predicted molar refractivity (Wildman–Crippen MR) is 113 cm³/mol. The number of hydrogen-bond acceptors (Lipinski definition) is 4. The maximum Gasteiger partial charge on any atom is 0.338 e. The fourth-order valence-corrected chi connectivity index (χ4v) is 3.81. The first kappa shape index (κ1) is 18.9. The molecule has 2 atom stereocenters. The minimum Gasteiger partial charge on any atom is -0.467 e. The summed E-state index contributed by atoms with van der Waals surface area (Å²) in [5.41, 5.74) is 2.63. The van der Waals surface area contributed by atoms with E-state index in [2.05, 4.69) is 0 Å². The zero-order valence-corrected chi connectivity index (χ0v) is 16.5. The molecule has 0 spiro atoms. The molecule has 29 heavy (non-hydrogen) atoms. The Kier molecular flexibility index (Phi) is 5.17. The monoisotopic (exact) mass is 385 g/mol. The van der Waals surface area contributed by atoms with Gasteiger partial charge in [-0.3, -0.25) is 0 Å². The van der Waals surface area contributed by atoms with Gasteiger partial charge in [-0.05, 0) is 30.2 Å². The number of benzene rings is 3. The summed E-state index contributed by atoms with van der Waals surface area (Å²) in [6.45, 7) is 2.02. The highest BCUT2D eigenvalue weighted by atomic mass is 16.5. The molecule has 0 unspecified atom stereocenters. The number of aryl methyl sites for hydroxylation is 1. The van der Waals surface area contributed by atoms with Crippen LogP contribution in [0.5, 0.6) is 0 Å². The van der Waals surface area contributed by atoms with Crippen LogP contribution in [0.15, 0.2) is 89.9 Å². The van der Waals surface area contributed by atoms with Gasteiger partial charge >= 0.3 is 5.97 Å². The molecule has 3 aromatic carbocycles. The SMILES string of the molecule is COC(=O)[C@@]1(Cc2ccccc2)N=C(c2ccccc2)O[C@H]1c1cccc(C)c1. The quantitative estimate of drug-likeness (QED) is 0.600. The van der Waals surface area contributed by atoms with Crippen LogP contribution >= 0.6 is 0 Å². The summed E-state index contributed by atoms with van der Waals surface area (Å²) in [7, 11) is 1.40. The predicted octanol–water partition coefficient (Wildman–Crippen LogP) is 4.67. The smallest absolute Gasteiger partial charge is 0.338 e. The number of methoxy groups -OCH3 is 1. The molecule has 0 saturated carbocycles. The molecule has 4 rings (SSSR count). The Labute approximate surface area is 170 Å². The van der Waals surface area contributed by atoms with Crippen molar-refractivity contribution in [3.8, 4) is 0 Å². The molecule has 0 radical (unpaired) electrons. The summed E-state index contributed by atoms with van der Waals surface area (Å²) in [4.78, 5) is 18.0. The molecule has 1 heterocycles. The minimum atomic E-state index is -1.20. The molecule has 1 aliphatic heterocycles. The summed E-state index contributed by atoms with van der Waals surface area (Å²) in [6, 6.07) is 27.5. The highest BCUT2D eigenvalue weighted by Crippen LogP contribution is 2.43. The molecular formula is C25H23NO3. The lowest BCUT2D eigenvalue weighted by Gasteiger charge is -2.29. The fraction of sp³-hybridized carbons (Fsp3) is 0.200. The highest BCUT2D eigenvalue weighted by Gasteiger charge is 2.54. The van der Waals surface area contributed by atoms with Crippen molar-refractivity contribution < 1.29 is 14.3 Å². The molecule has 0 saturated heterocycles. The Morgan fingerprint density at radius 3 is 2.34 bits per heavy atom. The summed E-state index contributed by atoms with van der Waals surface area (Å²) in [5.74, 6) is 0.0530. The summed E-state index contributed by atoms with van der Waals surface area (Å²) < 4.78 is 11.6. The molecule has 0 fully saturated rings. The first-order valence-corrected chi connectivity index (χ1v) is 9.63. The van der Waals surface area contributed by atoms with Crippen LogP contribution in [0.25, 0.3) is 0 Å². The molecule has 0 amide bonds. The van der Waals surface area contributed by atoms with E-state index in [4.69, 9.17) is 14.5 Å². The second-order valence-electron chi connectivity index (χ2n) is 7.27. The number of carbonyl (C=O) groups is 1. The van der Waals surface area contributed by atoms with Gasteiger partial charge in [0.1, 0.15) is 0 Å². The molecule has 1 aliphatic rings. The van der Waals surface area contributed by atoms with Gasteiger partial charge in [-0.2, -0.15) is 0 Å². The van der Waals surface area contributed by atoms with E-state index in [1.54, 1.807) is 0 Å². The van der Waals surface area contributed by atoms with E-state index in [9.17, 15) is 4.79 Å². The zero-order valence-electron chi connectivity index (χ0n) is 16.5. The van der Waals surface area contributed by atoms with Gasteiger partial charge in [0.2, 0.25) is 11.4 Å². The van der Waals surface area contributed by atoms with Crippen molar-refractivity contribution in [2.45, 2.75) is 25.0 Å². The standard InChI is InChI=1S/C25H23NO3/c1-18-10-9-15-21(16-18)22-25(24(27)28-2,17-19-11-5-3-6-12-19)26-23(29-22)20-13-7-4-8-14-20/h3-16,22H,17H2,1-2H3/t22-,25-/m0/s1. The van der Waals surface area contributed by atoms with E-state index in [-0.39, 0.29) is 0 Å². The van der Waals surface area contributed by atoms with Gasteiger partial charge in [0.15, 0.2) is 6.10 Å². The van der Waals surface area contributed by atoms with Gasteiger partial charge in [-0.25, -0.2) is 9.79 Å². The van der Waals surface area contributed by atoms with Crippen LogP contribution in [0.2, 0.25) is 0 Å². The lowest BCUT2D eigenvalue weighted by molar-refractivity contribution is -0.149. The number of rotatable bonds is 5. The van der Waals surface area contributed by atoms with Crippen molar-refractivity contribution in [3.63, 3.8) is 0 Å². The Morgan fingerprint density at radius 2 is 1.69 bits per heavy atom. The lowest BCUT2D eigenvalue weighted by atomic mass is 9.82. The van der Waals surface area contributed by atoms with Crippen LogP contribution in [-0.2, 0) is 20.7 Å². The van der Waals surface area contributed by atoms with Gasteiger partial charge in [-0.15, -0.1) is 0 Å². The lowest BCUT2D eigenvalue weighted by Crippen LogP contribution is -2.44. The number of hydrogen-bond donors (Lipinski definition) is 0. The van der Waals surface area contributed by atoms with Crippen LogP contribution in [0.3, 0.4) is 0 Å². The Balaban J connectivity index is 1.87. The second-order valence-corrected chi connectivity index (χ2v) is 7.27. The summed E-state index contributed by atoms with van der Waals surface area (Å²) in [6.07, 6.45) is -0.194. The van der Waals surface area contributed by atoms with Gasteiger partial charge in [0.25, 0.3) is 0 Å². The summed E-state index contributed by atoms with van der Waals surface area (Å²) >= 11 is 0. The highest BCUT2D eigenvalue weighted by molar-refractivity contribution is 5.99. The number of esters is 1. The Morgan fingerprint density at radius 1 is 1.00 bits per heavy atom. The maximum absolute atomic E-state index is 13.2. The summed E-state index contributed by atoms with van der Waals surface area (Å²) in [5, 5.41) is 0. The average Bonchev–Trinajstić information content (AvgIpc) is 3.15. The Hall–Kier alpha value is -3.40. The topological polar surface area (TPSA) is 47.9 Å². The number of carbonyl (C=O) groups excluding carboxylic acids is 1. The van der Waals surface area contributed by atoms with Gasteiger partial charge in [0.05, 0.1) is 7.11 Å². The van der Waals surface area contributed by atoms with Crippen molar-refractivity contribution in [1.82, 2.24) is 0 Å². The molecule has 4 heteroatoms. The van der Waals surface area contributed by atoms with Crippen molar-refractivity contribution >= 4 is 11.9 Å². The third-order valence-electron chi connectivity index (χ3n) is 5.19. The number of ether oxygens (including phenoxy) is 2. The van der Waals surface area contributed by atoms with Crippen LogP contribution in [-0.4, -0.2) is 24.5 Å². The van der Waals surface area contributed by atoms with Crippen molar-refractivity contribution in [2.75, 3.05) is 7.11 Å². The second kappa shape index (κ2) is 7.92. The first-order valence-electron chi connectivity index (χ1n) is 9.63. The molecule has 0 aliphatic carbocycles. The molecule has 3 aromatic rings. The van der Waals surface area contributed by atoms with Crippen LogP contribution in [0.4, 0.5) is 0 Å². The minimum absolute atomic E-state index is 0.384. The number of nitrogens with zero attached hydrogens (tertiary/aromatic N) is 1. The first-order chi connectivity index (χ1) is 14.1. The van der Waals surface area contributed by atoms with E-state index in [1.807, 2.05) is 91.9 Å². The Bertz CT molecular complexity index is 1030. The van der Waals surface area contributed by atoms with E-state index in [0.717, 1.165) is 22.3 Å². The zero-order chi connectivity index (χ0) is 20.3. The van der Waals surface area contributed by atoms with E-state index >= 15 is 0 Å². The molecular weight excluding hydrogens is 362 g/mol. The maximum atomic E-state index is 13.2. The number of aliphatic imine (C=N–C) groups is 1. The fourth-order valence-electron chi connectivity index (χ4n) is 3.81. The third kappa shape index (κ3) is 3.66. The van der Waals surface area contributed by atoms with Gasteiger partial charge in [-0.1, -0.05) is 78.4 Å². The average molecular weight is 385 g/mol. The van der Waals surface area contributed by atoms with Crippen LogP contribution in [0.1, 0.15) is 28.4 Å². The van der Waals surface area contributed by atoms with Gasteiger partial charge < -0.3 is 9.47 Å². The third-order valence-corrected chi connectivity index (χ3v) is 5.19. The molecule has 4 nitrogen and oxygen atoms in total. The van der Waals surface area contributed by atoms with Crippen molar-refractivity contribution in [1.29, 1.82) is 0 Å². The largest absolute Gasteiger partial charge is 0.467 e. The molecule has 0 bridgehead atoms. The van der Waals surface area contributed by atoms with Gasteiger partial charge in [0, 0.05) is 12.0 Å². The normalized spacial score (nSPS) is 20.6. The van der Waals surface area contributed by atoms with E-state index in [1.165, 1.54) is 7.11 Å².